The zero-order valence-electron chi connectivity index (χ0n) is 19.9. The van der Waals surface area contributed by atoms with Crippen molar-refractivity contribution in [2.45, 2.75) is 89.9 Å². The highest BCUT2D eigenvalue weighted by molar-refractivity contribution is 5.87. The Labute approximate surface area is 188 Å². The minimum Gasteiger partial charge on any atom is -0.478 e. The largest absolute Gasteiger partial charge is 0.478 e. The molecule has 1 aliphatic rings. The smallest absolute Gasteiger partial charge is 0.335 e. The van der Waals surface area contributed by atoms with Crippen LogP contribution in [0, 0.1) is 0 Å². The summed E-state index contributed by atoms with van der Waals surface area (Å²) in [5.74, 6) is -0.510. The van der Waals surface area contributed by atoms with E-state index in [1.807, 2.05) is 12.1 Å². The number of carboxylic acids is 1. The van der Waals surface area contributed by atoms with Crippen LogP contribution in [0.25, 0.3) is 6.08 Å². The molecule has 1 N–H and O–H groups in total. The third-order valence-corrected chi connectivity index (χ3v) is 7.10. The van der Waals surface area contributed by atoms with E-state index in [4.69, 9.17) is 5.11 Å². The normalized spacial score (nSPS) is 18.0. The molecule has 1 atom stereocenters. The maximum atomic E-state index is 11.1. The second-order valence-electron chi connectivity index (χ2n) is 10.5. The maximum Gasteiger partial charge on any atom is 0.335 e. The molecule has 0 saturated carbocycles. The van der Waals surface area contributed by atoms with Gasteiger partial charge in [0.25, 0.3) is 0 Å². The average Bonchev–Trinajstić information content (AvgIpc) is 2.74. The first kappa shape index (κ1) is 23.3. The highest BCUT2D eigenvalue weighted by atomic mass is 16.4. The molecule has 0 aromatic heterocycles. The van der Waals surface area contributed by atoms with Gasteiger partial charge in [-0.05, 0) is 64.5 Å². The molecule has 0 heterocycles. The summed E-state index contributed by atoms with van der Waals surface area (Å²) in [6.07, 6.45) is 11.8. The summed E-state index contributed by atoms with van der Waals surface area (Å²) >= 11 is 0. The Bertz CT molecular complexity index is 932. The van der Waals surface area contributed by atoms with Gasteiger partial charge in [-0.15, -0.1) is 0 Å². The molecule has 0 fully saturated rings. The van der Waals surface area contributed by atoms with Crippen molar-refractivity contribution in [3.8, 4) is 0 Å². The van der Waals surface area contributed by atoms with Crippen molar-refractivity contribution in [1.29, 1.82) is 0 Å². The second-order valence-corrected chi connectivity index (χ2v) is 10.5. The fourth-order valence-electron chi connectivity index (χ4n) is 4.79. The number of hydrogen-bond acceptors (Lipinski definition) is 1. The lowest BCUT2D eigenvalue weighted by Gasteiger charge is -2.42. The Kier molecular flexibility index (Phi) is 7.09. The number of carboxylic acid groups (broad SMARTS) is 1. The van der Waals surface area contributed by atoms with Gasteiger partial charge in [-0.2, -0.15) is 0 Å². The molecule has 0 amide bonds. The molecule has 0 saturated heterocycles. The molecular weight excluding hydrogens is 380 g/mol. The molecular formula is C29H38O2. The monoisotopic (exact) mass is 418 g/mol. The van der Waals surface area contributed by atoms with Crippen molar-refractivity contribution < 1.29 is 9.90 Å². The van der Waals surface area contributed by atoms with Gasteiger partial charge >= 0.3 is 5.97 Å². The van der Waals surface area contributed by atoms with Crippen LogP contribution in [0.3, 0.4) is 0 Å². The maximum absolute atomic E-state index is 11.1. The minimum atomic E-state index is -0.882. The highest BCUT2D eigenvalue weighted by Crippen LogP contribution is 2.46. The zero-order valence-corrected chi connectivity index (χ0v) is 19.9. The number of rotatable bonds is 8. The van der Waals surface area contributed by atoms with Crippen LogP contribution in [0.15, 0.2) is 48.5 Å². The number of benzene rings is 2. The summed E-state index contributed by atoms with van der Waals surface area (Å²) in [7, 11) is 0. The first-order chi connectivity index (χ1) is 14.6. The second kappa shape index (κ2) is 9.42. The molecule has 1 unspecified atom stereocenters. The summed E-state index contributed by atoms with van der Waals surface area (Å²) in [6, 6.07) is 14.3. The summed E-state index contributed by atoms with van der Waals surface area (Å²) in [4.78, 5) is 11.1. The standard InChI is InChI=1S/C29H38O2/c1-6-7-8-9-22(13-10-21-11-14-23(15-12-21)27(30)31)24-16-17-25-26(20-24)29(4,5)19-18-28(25,2)3/h10-17,20,22H,6-9,18-19H2,1-5H3,(H,30,31). The van der Waals surface area contributed by atoms with Gasteiger partial charge in [0.2, 0.25) is 0 Å². The van der Waals surface area contributed by atoms with Gasteiger partial charge in [0.05, 0.1) is 5.56 Å². The predicted molar refractivity (Wildman–Crippen MR) is 131 cm³/mol. The molecule has 0 radical (unpaired) electrons. The fourth-order valence-corrected chi connectivity index (χ4v) is 4.79. The topological polar surface area (TPSA) is 37.3 Å². The lowest BCUT2D eigenvalue weighted by Crippen LogP contribution is -2.34. The quantitative estimate of drug-likeness (QED) is 0.440. The van der Waals surface area contributed by atoms with Crippen LogP contribution in [-0.2, 0) is 10.8 Å². The number of aromatic carboxylic acids is 1. The molecule has 0 spiro atoms. The van der Waals surface area contributed by atoms with Gasteiger partial charge in [-0.3, -0.25) is 0 Å². The Balaban J connectivity index is 1.92. The highest BCUT2D eigenvalue weighted by Gasteiger charge is 2.37. The van der Waals surface area contributed by atoms with E-state index in [0.29, 0.717) is 11.5 Å². The summed E-state index contributed by atoms with van der Waals surface area (Å²) in [6.45, 7) is 11.8. The summed E-state index contributed by atoms with van der Waals surface area (Å²) in [5, 5.41) is 9.12. The van der Waals surface area contributed by atoms with Crippen molar-refractivity contribution in [2.24, 2.45) is 0 Å². The van der Waals surface area contributed by atoms with E-state index >= 15 is 0 Å². The van der Waals surface area contributed by atoms with E-state index < -0.39 is 5.97 Å². The van der Waals surface area contributed by atoms with Crippen molar-refractivity contribution in [1.82, 2.24) is 0 Å². The third kappa shape index (κ3) is 5.47. The molecule has 2 nitrogen and oxygen atoms in total. The molecule has 1 aliphatic carbocycles. The van der Waals surface area contributed by atoms with Crippen LogP contribution in [0.1, 0.15) is 112 Å². The van der Waals surface area contributed by atoms with Crippen LogP contribution < -0.4 is 0 Å². The van der Waals surface area contributed by atoms with Crippen molar-refractivity contribution in [3.63, 3.8) is 0 Å². The first-order valence-corrected chi connectivity index (χ1v) is 11.8. The van der Waals surface area contributed by atoms with E-state index in [2.05, 4.69) is 65.0 Å². The van der Waals surface area contributed by atoms with Crippen LogP contribution in [-0.4, -0.2) is 11.1 Å². The van der Waals surface area contributed by atoms with Crippen molar-refractivity contribution >= 4 is 12.0 Å². The fraction of sp³-hybridized carbons (Fsp3) is 0.483. The van der Waals surface area contributed by atoms with Gasteiger partial charge in [0.15, 0.2) is 0 Å². The number of unbranched alkanes of at least 4 members (excludes halogenated alkanes) is 2. The van der Waals surface area contributed by atoms with Crippen LogP contribution in [0.5, 0.6) is 0 Å². The molecule has 3 rings (SSSR count). The Morgan fingerprint density at radius 3 is 2.23 bits per heavy atom. The molecule has 31 heavy (non-hydrogen) atoms. The number of fused-ring (bicyclic) bond motifs is 1. The lowest BCUT2D eigenvalue weighted by molar-refractivity contribution is 0.0697. The third-order valence-electron chi connectivity index (χ3n) is 7.10. The number of allylic oxidation sites excluding steroid dienone is 1. The van der Waals surface area contributed by atoms with Crippen molar-refractivity contribution in [2.75, 3.05) is 0 Å². The molecule has 2 heteroatoms. The molecule has 0 bridgehead atoms. The number of carbonyl (C=O) groups is 1. The summed E-state index contributed by atoms with van der Waals surface area (Å²) in [5.41, 5.74) is 6.25. The minimum absolute atomic E-state index is 0.214. The molecule has 0 aliphatic heterocycles. The SMILES string of the molecule is CCCCCC(C=Cc1ccc(C(=O)O)cc1)c1ccc2c(c1)C(C)(C)CCC2(C)C. The van der Waals surface area contributed by atoms with E-state index in [0.717, 1.165) is 12.0 Å². The Hall–Kier alpha value is -2.35. The molecule has 2 aromatic carbocycles. The van der Waals surface area contributed by atoms with E-state index in [1.165, 1.54) is 48.8 Å². The van der Waals surface area contributed by atoms with Gasteiger partial charge in [-0.25, -0.2) is 4.79 Å². The molecule has 166 valence electrons. The molecule has 2 aromatic rings. The van der Waals surface area contributed by atoms with Crippen LogP contribution in [0.4, 0.5) is 0 Å². The average molecular weight is 419 g/mol. The Morgan fingerprint density at radius 1 is 0.968 bits per heavy atom. The van der Waals surface area contributed by atoms with Crippen LogP contribution in [0.2, 0.25) is 0 Å². The van der Waals surface area contributed by atoms with Crippen molar-refractivity contribution in [3.05, 3.63) is 76.4 Å². The van der Waals surface area contributed by atoms with Gasteiger partial charge in [0, 0.05) is 5.92 Å². The van der Waals surface area contributed by atoms with E-state index in [-0.39, 0.29) is 10.8 Å². The van der Waals surface area contributed by atoms with E-state index in [1.54, 1.807) is 12.1 Å². The lowest BCUT2D eigenvalue weighted by atomic mass is 9.62. The zero-order chi connectivity index (χ0) is 22.6. The van der Waals surface area contributed by atoms with Gasteiger partial charge in [0.1, 0.15) is 0 Å². The van der Waals surface area contributed by atoms with Gasteiger partial charge in [-0.1, -0.05) is 96.4 Å². The van der Waals surface area contributed by atoms with Gasteiger partial charge < -0.3 is 5.11 Å². The predicted octanol–water partition coefficient (Wildman–Crippen LogP) is 8.11. The van der Waals surface area contributed by atoms with Crippen LogP contribution >= 0.6 is 0 Å². The summed E-state index contributed by atoms with van der Waals surface area (Å²) < 4.78 is 0. The first-order valence-electron chi connectivity index (χ1n) is 11.8. The number of hydrogen-bond donors (Lipinski definition) is 1. The van der Waals surface area contributed by atoms with E-state index in [9.17, 15) is 4.79 Å². The Morgan fingerprint density at radius 2 is 1.61 bits per heavy atom.